The van der Waals surface area contributed by atoms with Crippen molar-refractivity contribution in [2.75, 3.05) is 0 Å². The maximum atomic E-state index is 9.75. The number of nitrogens with zero attached hydrogens (tertiary/aromatic N) is 2. The van der Waals surface area contributed by atoms with Gasteiger partial charge >= 0.3 is 7.25 Å². The van der Waals surface area contributed by atoms with Gasteiger partial charge in [0.1, 0.15) is 24.5 Å². The number of hydrogen-bond donors (Lipinski definition) is 0. The van der Waals surface area contributed by atoms with E-state index in [0.29, 0.717) is 0 Å². The summed E-state index contributed by atoms with van der Waals surface area (Å²) in [5.41, 5.74) is 0. The number of imidazole rings is 1. The van der Waals surface area contributed by atoms with E-state index < -0.39 is 7.25 Å². The van der Waals surface area contributed by atoms with E-state index in [-0.39, 0.29) is 0 Å². The highest BCUT2D eigenvalue weighted by Gasteiger charge is 2.32. The molecule has 2 nitrogen and oxygen atoms in total. The van der Waals surface area contributed by atoms with Crippen molar-refractivity contribution in [1.82, 2.24) is 4.57 Å². The van der Waals surface area contributed by atoms with E-state index >= 15 is 0 Å². The molecule has 2 aliphatic carbocycles. The van der Waals surface area contributed by atoms with Crippen molar-refractivity contribution in [1.29, 1.82) is 0 Å². The molecule has 1 aromatic heterocycles. The Morgan fingerprint density at radius 1 is 1.06 bits per heavy atom. The molecule has 2 aliphatic rings. The van der Waals surface area contributed by atoms with Crippen molar-refractivity contribution in [2.45, 2.75) is 37.8 Å². The third-order valence-corrected chi connectivity index (χ3v) is 2.61. The summed E-state index contributed by atoms with van der Waals surface area (Å²) in [6, 6.07) is 1.69. The fourth-order valence-electron chi connectivity index (χ4n) is 1.56. The highest BCUT2D eigenvalue weighted by Crippen LogP contribution is 2.35. The number of hydrogen-bond acceptors (Lipinski definition) is 0. The molecule has 90 valence electrons. The normalized spacial score (nSPS) is 20.2. The first-order valence-electron chi connectivity index (χ1n) is 5.39. The lowest BCUT2D eigenvalue weighted by molar-refractivity contribution is -0.700. The molecule has 0 radical (unpaired) electrons. The van der Waals surface area contributed by atoms with Gasteiger partial charge in [-0.15, -0.1) is 0 Å². The first-order chi connectivity index (χ1) is 7.43. The van der Waals surface area contributed by atoms with Crippen molar-refractivity contribution in [2.24, 2.45) is 0 Å². The molecular formula is C9H13BF4N2. The van der Waals surface area contributed by atoms with Crippen LogP contribution in [0, 0.1) is 0 Å². The van der Waals surface area contributed by atoms with E-state index in [4.69, 9.17) is 0 Å². The summed E-state index contributed by atoms with van der Waals surface area (Å²) in [6.45, 7) is 0. The highest BCUT2D eigenvalue weighted by atomic mass is 19.5. The molecule has 1 aromatic rings. The van der Waals surface area contributed by atoms with Crippen LogP contribution in [-0.4, -0.2) is 11.8 Å². The Labute approximate surface area is 91.0 Å². The van der Waals surface area contributed by atoms with Crippen LogP contribution in [0.4, 0.5) is 17.3 Å². The van der Waals surface area contributed by atoms with Gasteiger partial charge in [0.2, 0.25) is 6.33 Å². The molecular weight excluding hydrogens is 223 g/mol. The predicted octanol–water partition coefficient (Wildman–Crippen LogP) is 2.75. The Morgan fingerprint density at radius 2 is 1.62 bits per heavy atom. The van der Waals surface area contributed by atoms with Crippen molar-refractivity contribution < 1.29 is 21.8 Å². The van der Waals surface area contributed by atoms with Gasteiger partial charge in [-0.25, -0.2) is 9.13 Å². The average molecular weight is 236 g/mol. The fourth-order valence-corrected chi connectivity index (χ4v) is 1.56. The molecule has 2 fully saturated rings. The minimum atomic E-state index is -6.00. The van der Waals surface area contributed by atoms with Gasteiger partial charge in [-0.2, -0.15) is 0 Å². The van der Waals surface area contributed by atoms with Crippen LogP contribution in [0.1, 0.15) is 37.8 Å². The third kappa shape index (κ3) is 3.86. The second kappa shape index (κ2) is 4.10. The van der Waals surface area contributed by atoms with Gasteiger partial charge in [-0.3, -0.25) is 0 Å². The lowest BCUT2D eigenvalue weighted by Crippen LogP contribution is -2.28. The van der Waals surface area contributed by atoms with Gasteiger partial charge in [0.05, 0.1) is 0 Å². The van der Waals surface area contributed by atoms with E-state index in [1.807, 2.05) is 0 Å². The average Bonchev–Trinajstić information content (AvgIpc) is 3.03. The van der Waals surface area contributed by atoms with Gasteiger partial charge in [-0.05, 0) is 25.7 Å². The Morgan fingerprint density at radius 3 is 2.06 bits per heavy atom. The lowest BCUT2D eigenvalue weighted by Gasteiger charge is -1.94. The third-order valence-electron chi connectivity index (χ3n) is 2.61. The van der Waals surface area contributed by atoms with Gasteiger partial charge in [0, 0.05) is 0 Å². The van der Waals surface area contributed by atoms with Crippen LogP contribution >= 0.6 is 0 Å². The SMILES string of the molecule is F[B-](F)(F)F.c1c[n+](C2CC2)cn1C1CC1. The topological polar surface area (TPSA) is 8.81 Å². The van der Waals surface area contributed by atoms with Crippen molar-refractivity contribution in [3.05, 3.63) is 18.7 Å². The van der Waals surface area contributed by atoms with E-state index in [2.05, 4.69) is 27.9 Å². The maximum Gasteiger partial charge on any atom is 0.673 e. The van der Waals surface area contributed by atoms with Crippen LogP contribution in [0.5, 0.6) is 0 Å². The molecule has 0 N–H and O–H groups in total. The zero-order chi connectivity index (χ0) is 11.8. The predicted molar refractivity (Wildman–Crippen MR) is 51.4 cm³/mol. The zero-order valence-electron chi connectivity index (χ0n) is 8.70. The van der Waals surface area contributed by atoms with E-state index in [1.165, 1.54) is 25.7 Å². The van der Waals surface area contributed by atoms with Crippen molar-refractivity contribution >= 4 is 7.25 Å². The summed E-state index contributed by atoms with van der Waals surface area (Å²) in [5, 5.41) is 0. The first kappa shape index (κ1) is 11.5. The molecule has 0 aromatic carbocycles. The molecule has 16 heavy (non-hydrogen) atoms. The summed E-state index contributed by atoms with van der Waals surface area (Å²) >= 11 is 0. The maximum absolute atomic E-state index is 9.75. The summed E-state index contributed by atoms with van der Waals surface area (Å²) in [7, 11) is -6.00. The van der Waals surface area contributed by atoms with Crippen LogP contribution < -0.4 is 4.57 Å². The van der Waals surface area contributed by atoms with Crippen LogP contribution in [0.3, 0.4) is 0 Å². The summed E-state index contributed by atoms with van der Waals surface area (Å²) in [4.78, 5) is 0. The Balaban J connectivity index is 0.000000168. The molecule has 0 spiro atoms. The van der Waals surface area contributed by atoms with Crippen LogP contribution in [0.25, 0.3) is 0 Å². The van der Waals surface area contributed by atoms with Gasteiger partial charge in [0.15, 0.2) is 0 Å². The fraction of sp³-hybridized carbons (Fsp3) is 0.667. The number of halogens is 4. The lowest BCUT2D eigenvalue weighted by atomic mass is 10.3. The Bertz CT molecular complexity index is 322. The van der Waals surface area contributed by atoms with Crippen LogP contribution in [-0.2, 0) is 0 Å². The highest BCUT2D eigenvalue weighted by molar-refractivity contribution is 6.50. The van der Waals surface area contributed by atoms with Crippen LogP contribution in [0.15, 0.2) is 18.7 Å². The largest absolute Gasteiger partial charge is 0.673 e. The minimum Gasteiger partial charge on any atom is -0.418 e. The van der Waals surface area contributed by atoms with Crippen molar-refractivity contribution in [3.63, 3.8) is 0 Å². The molecule has 0 amide bonds. The van der Waals surface area contributed by atoms with Gasteiger partial charge in [-0.1, -0.05) is 0 Å². The summed E-state index contributed by atoms with van der Waals surface area (Å²) < 4.78 is 43.7. The standard InChI is InChI=1S/C9H13N2.BF4/c1-2-8(1)10-5-6-11(7-10)9-3-4-9;2-1(3,4)5/h5-9H,1-4H2;/q+1;-1. The van der Waals surface area contributed by atoms with Gasteiger partial charge in [0.25, 0.3) is 0 Å². The molecule has 1 heterocycles. The smallest absolute Gasteiger partial charge is 0.418 e. The Kier molecular flexibility index (Phi) is 2.94. The van der Waals surface area contributed by atoms with Crippen molar-refractivity contribution in [3.8, 4) is 0 Å². The number of aromatic nitrogens is 2. The van der Waals surface area contributed by atoms with E-state index in [9.17, 15) is 17.3 Å². The molecule has 0 saturated heterocycles. The summed E-state index contributed by atoms with van der Waals surface area (Å²) in [5.74, 6) is 0. The molecule has 2 saturated carbocycles. The quantitative estimate of drug-likeness (QED) is 0.424. The van der Waals surface area contributed by atoms with E-state index in [1.54, 1.807) is 0 Å². The molecule has 3 rings (SSSR count). The minimum absolute atomic E-state index is 0.843. The summed E-state index contributed by atoms with van der Waals surface area (Å²) in [6.07, 6.45) is 12.3. The molecule has 0 aliphatic heterocycles. The molecule has 0 bridgehead atoms. The zero-order valence-corrected chi connectivity index (χ0v) is 8.70. The first-order valence-corrected chi connectivity index (χ1v) is 5.39. The second-order valence-electron chi connectivity index (χ2n) is 4.27. The van der Waals surface area contributed by atoms with Gasteiger partial charge < -0.3 is 17.3 Å². The molecule has 7 heteroatoms. The monoisotopic (exact) mass is 236 g/mol. The Hall–Kier alpha value is -1.01. The van der Waals surface area contributed by atoms with E-state index in [0.717, 1.165) is 12.1 Å². The number of rotatable bonds is 2. The molecule has 0 atom stereocenters. The van der Waals surface area contributed by atoms with Crippen LogP contribution in [0.2, 0.25) is 0 Å². The second-order valence-corrected chi connectivity index (χ2v) is 4.27. The molecule has 0 unspecified atom stereocenters.